The van der Waals surface area contributed by atoms with Gasteiger partial charge in [-0.05, 0) is 31.0 Å². The lowest BCUT2D eigenvalue weighted by Gasteiger charge is -2.41. The number of anilines is 3. The maximum absolute atomic E-state index is 11.5. The number of carboxylic acids is 1. The fourth-order valence-electron chi connectivity index (χ4n) is 4.52. The van der Waals surface area contributed by atoms with Gasteiger partial charge in [-0.2, -0.15) is 10.6 Å². The van der Waals surface area contributed by atoms with Gasteiger partial charge in [0.05, 0.1) is 28.6 Å². The molecule has 0 fully saturated rings. The van der Waals surface area contributed by atoms with Crippen LogP contribution in [0, 0.1) is 5.41 Å². The molecule has 0 radical (unpaired) electrons. The fourth-order valence-corrected chi connectivity index (χ4v) is 6.77. The molecule has 8 heteroatoms. The van der Waals surface area contributed by atoms with Crippen molar-refractivity contribution in [2.75, 3.05) is 36.2 Å². The minimum absolute atomic E-state index is 0.272. The molecule has 3 N–H and O–H groups in total. The molecule has 1 aliphatic heterocycles. The smallest absolute Gasteiger partial charge is 0.331 e. The molecule has 2 aromatic carbocycles. The maximum atomic E-state index is 11.5. The Morgan fingerprint density at radius 1 is 1.21 bits per heavy atom. The van der Waals surface area contributed by atoms with Gasteiger partial charge in [0.25, 0.3) is 0 Å². The first-order valence-corrected chi connectivity index (χ1v) is 13.3. The van der Waals surface area contributed by atoms with Crippen LogP contribution in [-0.2, 0) is 4.79 Å². The molecule has 2 aromatic rings. The third-order valence-electron chi connectivity index (χ3n) is 6.45. The lowest BCUT2D eigenvalue weighted by molar-refractivity contribution is -0.131. The van der Waals surface area contributed by atoms with Gasteiger partial charge in [0.1, 0.15) is 0 Å². The van der Waals surface area contributed by atoms with Crippen LogP contribution in [0.5, 0.6) is 5.75 Å². The standard InChI is InChI=1S/C26H36N2O5S/c1-5-7-14-26(6-2)18-28(20-11-9-8-10-12-20)22-16-21(27(3)4)23(33-15-13-25(29)30)17-24(22)34(31,32)19-26/h8-13,15-17,31-32H,5-7,14,18-19H2,1-4H3,(H,29,30)/b15-13+. The zero-order valence-corrected chi connectivity index (χ0v) is 21.2. The van der Waals surface area contributed by atoms with Crippen LogP contribution in [0.1, 0.15) is 39.5 Å². The van der Waals surface area contributed by atoms with Crippen LogP contribution < -0.4 is 14.5 Å². The van der Waals surface area contributed by atoms with Crippen LogP contribution >= 0.6 is 10.6 Å². The van der Waals surface area contributed by atoms with Gasteiger partial charge in [-0.1, -0.05) is 44.9 Å². The molecule has 0 amide bonds. The van der Waals surface area contributed by atoms with Gasteiger partial charge in [-0.15, -0.1) is 0 Å². The molecular weight excluding hydrogens is 452 g/mol. The van der Waals surface area contributed by atoms with Crippen molar-refractivity contribution in [1.82, 2.24) is 0 Å². The second kappa shape index (κ2) is 10.7. The molecule has 0 spiro atoms. The second-order valence-electron chi connectivity index (χ2n) is 9.13. The van der Waals surface area contributed by atoms with Crippen molar-refractivity contribution in [2.24, 2.45) is 5.41 Å². The van der Waals surface area contributed by atoms with E-state index in [0.29, 0.717) is 22.9 Å². The van der Waals surface area contributed by atoms with Gasteiger partial charge in [0.15, 0.2) is 5.75 Å². The van der Waals surface area contributed by atoms with E-state index in [1.165, 1.54) is 0 Å². The summed E-state index contributed by atoms with van der Waals surface area (Å²) in [5.41, 5.74) is 2.16. The lowest BCUT2D eigenvalue weighted by atomic mass is 9.81. The molecule has 1 aliphatic rings. The summed E-state index contributed by atoms with van der Waals surface area (Å²) in [7, 11) is 0.583. The van der Waals surface area contributed by atoms with Crippen LogP contribution in [-0.4, -0.2) is 46.6 Å². The Hall–Kier alpha value is -2.68. The summed E-state index contributed by atoms with van der Waals surface area (Å²) in [6.07, 6.45) is 5.79. The molecule has 3 rings (SSSR count). The van der Waals surface area contributed by atoms with Gasteiger partial charge in [0.2, 0.25) is 0 Å². The molecular formula is C26H36N2O5S. The average Bonchev–Trinajstić information content (AvgIpc) is 2.90. The van der Waals surface area contributed by atoms with E-state index in [2.05, 4.69) is 18.7 Å². The second-order valence-corrected chi connectivity index (χ2v) is 11.2. The zero-order valence-electron chi connectivity index (χ0n) is 20.4. The number of ether oxygens (including phenoxy) is 1. The van der Waals surface area contributed by atoms with E-state index >= 15 is 0 Å². The van der Waals surface area contributed by atoms with Crippen LogP contribution in [0.3, 0.4) is 0 Å². The fraction of sp³-hybridized carbons (Fsp3) is 0.423. The number of unbranched alkanes of at least 4 members (excludes halogenated alkanes) is 1. The van der Waals surface area contributed by atoms with E-state index < -0.39 is 16.6 Å². The number of hydrogen-bond donors (Lipinski definition) is 3. The van der Waals surface area contributed by atoms with Crippen LogP contribution in [0.2, 0.25) is 0 Å². The number of carbonyl (C=O) groups is 1. The molecule has 0 saturated heterocycles. The first kappa shape index (κ1) is 25.9. The highest BCUT2D eigenvalue weighted by Crippen LogP contribution is 2.62. The van der Waals surface area contributed by atoms with E-state index in [4.69, 9.17) is 9.84 Å². The molecule has 1 atom stereocenters. The summed E-state index contributed by atoms with van der Waals surface area (Å²) in [5.74, 6) is -0.477. The highest BCUT2D eigenvalue weighted by molar-refractivity contribution is 8.24. The first-order valence-electron chi connectivity index (χ1n) is 11.6. The van der Waals surface area contributed by atoms with Gasteiger partial charge < -0.3 is 19.6 Å². The monoisotopic (exact) mass is 488 g/mol. The molecule has 1 unspecified atom stereocenters. The minimum Gasteiger partial charge on any atom is -0.478 e. The molecule has 0 bridgehead atoms. The Bertz CT molecular complexity index is 1030. The number of carboxylic acid groups (broad SMARTS) is 1. The zero-order chi connectivity index (χ0) is 24.9. The van der Waals surface area contributed by atoms with Crippen molar-refractivity contribution in [3.63, 3.8) is 0 Å². The first-order chi connectivity index (χ1) is 16.1. The summed E-state index contributed by atoms with van der Waals surface area (Å²) < 4.78 is 28.7. The number of aliphatic carboxylic acids is 1. The molecule has 34 heavy (non-hydrogen) atoms. The van der Waals surface area contributed by atoms with Gasteiger partial charge >= 0.3 is 5.97 Å². The predicted molar refractivity (Wildman–Crippen MR) is 140 cm³/mol. The van der Waals surface area contributed by atoms with Crippen molar-refractivity contribution in [2.45, 2.75) is 44.4 Å². The summed E-state index contributed by atoms with van der Waals surface area (Å²) in [5, 5.41) is 8.94. The van der Waals surface area contributed by atoms with Crippen molar-refractivity contribution in [3.8, 4) is 5.75 Å². The molecule has 186 valence electrons. The number of hydrogen-bond acceptors (Lipinski definition) is 6. The van der Waals surface area contributed by atoms with Gasteiger partial charge in [-0.25, -0.2) is 4.79 Å². The van der Waals surface area contributed by atoms with E-state index in [1.807, 2.05) is 55.4 Å². The van der Waals surface area contributed by atoms with Gasteiger partial charge in [0, 0.05) is 43.6 Å². The summed E-state index contributed by atoms with van der Waals surface area (Å²) >= 11 is 0. The van der Waals surface area contributed by atoms with E-state index in [1.54, 1.807) is 6.07 Å². The Morgan fingerprint density at radius 2 is 1.91 bits per heavy atom. The Kier molecular flexibility index (Phi) is 8.17. The number of nitrogens with zero attached hydrogens (tertiary/aromatic N) is 2. The summed E-state index contributed by atoms with van der Waals surface area (Å²) in [6, 6.07) is 13.6. The van der Waals surface area contributed by atoms with Crippen molar-refractivity contribution in [1.29, 1.82) is 0 Å². The Morgan fingerprint density at radius 3 is 2.50 bits per heavy atom. The van der Waals surface area contributed by atoms with Crippen LogP contribution in [0.4, 0.5) is 17.1 Å². The third-order valence-corrected chi connectivity index (χ3v) is 8.50. The van der Waals surface area contributed by atoms with Gasteiger partial charge in [-0.3, -0.25) is 9.11 Å². The van der Waals surface area contributed by atoms with Crippen LogP contribution in [0.15, 0.2) is 59.7 Å². The Labute approximate surface area is 204 Å². The van der Waals surface area contributed by atoms with E-state index in [9.17, 15) is 13.9 Å². The minimum atomic E-state index is -3.16. The normalized spacial score (nSPS) is 20.5. The summed E-state index contributed by atoms with van der Waals surface area (Å²) in [6.45, 7) is 4.95. The van der Waals surface area contributed by atoms with Crippen molar-refractivity contribution < 1.29 is 23.7 Å². The largest absolute Gasteiger partial charge is 0.478 e. The number of para-hydroxylation sites is 1. The number of fused-ring (bicyclic) bond motifs is 1. The quantitative estimate of drug-likeness (QED) is 0.271. The SMILES string of the molecule is CCCCC1(CC)CN(c2ccccc2)c2cc(N(C)C)c(O/C=C/C(=O)O)cc2S(O)(O)C1. The Balaban J connectivity index is 2.24. The molecule has 7 nitrogen and oxygen atoms in total. The van der Waals surface area contributed by atoms with E-state index in [-0.39, 0.29) is 11.2 Å². The molecule has 0 saturated carbocycles. The lowest BCUT2D eigenvalue weighted by Crippen LogP contribution is -2.37. The highest BCUT2D eigenvalue weighted by Gasteiger charge is 2.42. The molecule has 0 aromatic heterocycles. The summed E-state index contributed by atoms with van der Waals surface area (Å²) in [4.78, 5) is 15.4. The molecule has 0 aliphatic carbocycles. The van der Waals surface area contributed by atoms with Crippen molar-refractivity contribution >= 4 is 33.6 Å². The molecule has 1 heterocycles. The number of rotatable bonds is 9. The third kappa shape index (κ3) is 5.68. The van der Waals surface area contributed by atoms with E-state index in [0.717, 1.165) is 49.4 Å². The topological polar surface area (TPSA) is 93.5 Å². The van der Waals surface area contributed by atoms with Crippen LogP contribution in [0.25, 0.3) is 0 Å². The average molecular weight is 489 g/mol. The van der Waals surface area contributed by atoms with Crippen molar-refractivity contribution in [3.05, 3.63) is 54.8 Å². The number of benzene rings is 2. The maximum Gasteiger partial charge on any atom is 0.331 e. The predicted octanol–water partition coefficient (Wildman–Crippen LogP) is 6.58. The highest BCUT2D eigenvalue weighted by atomic mass is 32.3.